The second-order valence-corrected chi connectivity index (χ2v) is 7.39. The van der Waals surface area contributed by atoms with E-state index >= 15 is 0 Å². The third-order valence-corrected chi connectivity index (χ3v) is 4.64. The van der Waals surface area contributed by atoms with Crippen molar-refractivity contribution in [1.82, 2.24) is 5.32 Å². The minimum absolute atomic E-state index is 0.204. The highest BCUT2D eigenvalue weighted by Gasteiger charge is 2.36. The van der Waals surface area contributed by atoms with Gasteiger partial charge in [0.1, 0.15) is 0 Å². The van der Waals surface area contributed by atoms with Gasteiger partial charge >= 0.3 is 0 Å². The van der Waals surface area contributed by atoms with E-state index < -0.39 is 0 Å². The van der Waals surface area contributed by atoms with Crippen molar-refractivity contribution < 1.29 is 0 Å². The van der Waals surface area contributed by atoms with Gasteiger partial charge in [0.15, 0.2) is 0 Å². The Morgan fingerprint density at radius 2 is 1.68 bits per heavy atom. The SMILES string of the molecule is Cc1ccc(C2(CNC(C)(C)C)CCCC2)cc1C. The van der Waals surface area contributed by atoms with E-state index in [2.05, 4.69) is 58.1 Å². The molecule has 0 aliphatic heterocycles. The first-order valence-corrected chi connectivity index (χ1v) is 7.65. The molecule has 1 nitrogen and oxygen atoms in total. The molecule has 2 rings (SSSR count). The van der Waals surface area contributed by atoms with Gasteiger partial charge in [-0.1, -0.05) is 31.0 Å². The summed E-state index contributed by atoms with van der Waals surface area (Å²) in [5.41, 5.74) is 4.95. The smallest absolute Gasteiger partial charge is 0.00968 e. The summed E-state index contributed by atoms with van der Waals surface area (Å²) in [5, 5.41) is 3.74. The highest BCUT2D eigenvalue weighted by molar-refractivity contribution is 5.35. The third-order valence-electron chi connectivity index (χ3n) is 4.64. The molecule has 1 fully saturated rings. The number of hydrogen-bond acceptors (Lipinski definition) is 1. The Labute approximate surface area is 118 Å². The van der Waals surface area contributed by atoms with E-state index in [0.29, 0.717) is 5.41 Å². The lowest BCUT2D eigenvalue weighted by Gasteiger charge is -2.34. The first-order chi connectivity index (χ1) is 8.82. The summed E-state index contributed by atoms with van der Waals surface area (Å²) in [4.78, 5) is 0. The van der Waals surface area contributed by atoms with E-state index in [1.165, 1.54) is 36.8 Å². The molecule has 0 amide bonds. The van der Waals surface area contributed by atoms with Gasteiger partial charge in [0.2, 0.25) is 0 Å². The zero-order valence-electron chi connectivity index (χ0n) is 13.3. The predicted octanol–water partition coefficient (Wildman–Crippen LogP) is 4.50. The Morgan fingerprint density at radius 1 is 1.05 bits per heavy atom. The van der Waals surface area contributed by atoms with Gasteiger partial charge in [-0.15, -0.1) is 0 Å². The number of benzene rings is 1. The standard InChI is InChI=1S/C18H29N/c1-14-8-9-16(12-15(14)2)18(10-6-7-11-18)13-19-17(3,4)5/h8-9,12,19H,6-7,10-11,13H2,1-5H3. The van der Waals surface area contributed by atoms with E-state index in [-0.39, 0.29) is 5.54 Å². The van der Waals surface area contributed by atoms with Crippen molar-refractivity contribution in [3.63, 3.8) is 0 Å². The van der Waals surface area contributed by atoms with Crippen LogP contribution in [-0.4, -0.2) is 12.1 Å². The first-order valence-electron chi connectivity index (χ1n) is 7.65. The summed E-state index contributed by atoms with van der Waals surface area (Å²) in [6.07, 6.45) is 5.41. The van der Waals surface area contributed by atoms with Crippen LogP contribution < -0.4 is 5.32 Å². The van der Waals surface area contributed by atoms with Crippen LogP contribution in [0.25, 0.3) is 0 Å². The lowest BCUT2D eigenvalue weighted by atomic mass is 9.77. The minimum atomic E-state index is 0.204. The Morgan fingerprint density at radius 3 is 2.21 bits per heavy atom. The highest BCUT2D eigenvalue weighted by Crippen LogP contribution is 2.41. The number of rotatable bonds is 3. The average Bonchev–Trinajstić information content (AvgIpc) is 2.79. The van der Waals surface area contributed by atoms with Crippen LogP contribution in [0.2, 0.25) is 0 Å². The third kappa shape index (κ3) is 3.39. The molecule has 0 saturated heterocycles. The summed E-state index contributed by atoms with van der Waals surface area (Å²) in [6.45, 7) is 12.3. The number of nitrogens with one attached hydrogen (secondary N) is 1. The van der Waals surface area contributed by atoms with E-state index in [0.717, 1.165) is 6.54 Å². The largest absolute Gasteiger partial charge is 0.311 e. The maximum Gasteiger partial charge on any atom is 0.00968 e. The van der Waals surface area contributed by atoms with Gasteiger partial charge in [-0.25, -0.2) is 0 Å². The van der Waals surface area contributed by atoms with Gasteiger partial charge in [-0.2, -0.15) is 0 Å². The maximum absolute atomic E-state index is 3.74. The molecule has 1 aliphatic rings. The van der Waals surface area contributed by atoms with Crippen LogP contribution in [0.4, 0.5) is 0 Å². The van der Waals surface area contributed by atoms with E-state index in [1.807, 2.05) is 0 Å². The van der Waals surface area contributed by atoms with E-state index in [9.17, 15) is 0 Å². The average molecular weight is 259 g/mol. The van der Waals surface area contributed by atoms with Crippen molar-refractivity contribution >= 4 is 0 Å². The van der Waals surface area contributed by atoms with Gasteiger partial charge < -0.3 is 5.32 Å². The number of hydrogen-bond donors (Lipinski definition) is 1. The summed E-state index contributed by atoms with van der Waals surface area (Å²) in [7, 11) is 0. The van der Waals surface area contributed by atoms with Gasteiger partial charge in [0.05, 0.1) is 0 Å². The molecule has 0 spiro atoms. The maximum atomic E-state index is 3.74. The van der Waals surface area contributed by atoms with Crippen LogP contribution in [-0.2, 0) is 5.41 Å². The lowest BCUT2D eigenvalue weighted by Crippen LogP contribution is -2.45. The monoisotopic (exact) mass is 259 g/mol. The van der Waals surface area contributed by atoms with Crippen molar-refractivity contribution in [2.45, 2.75) is 71.3 Å². The fourth-order valence-corrected chi connectivity index (χ4v) is 3.12. The van der Waals surface area contributed by atoms with Crippen molar-refractivity contribution in [2.75, 3.05) is 6.54 Å². The summed E-state index contributed by atoms with van der Waals surface area (Å²) < 4.78 is 0. The molecule has 106 valence electrons. The lowest BCUT2D eigenvalue weighted by molar-refractivity contribution is 0.333. The zero-order valence-corrected chi connectivity index (χ0v) is 13.3. The van der Waals surface area contributed by atoms with Crippen molar-refractivity contribution in [1.29, 1.82) is 0 Å². The Hall–Kier alpha value is -0.820. The van der Waals surface area contributed by atoms with Gasteiger partial charge in [0.25, 0.3) is 0 Å². The molecule has 19 heavy (non-hydrogen) atoms. The Bertz CT molecular complexity index is 433. The normalized spacial score (nSPS) is 18.8. The predicted molar refractivity (Wildman–Crippen MR) is 83.8 cm³/mol. The van der Waals surface area contributed by atoms with Crippen molar-refractivity contribution in [3.8, 4) is 0 Å². The second-order valence-electron chi connectivity index (χ2n) is 7.39. The van der Waals surface area contributed by atoms with Crippen LogP contribution in [0.5, 0.6) is 0 Å². The molecule has 0 unspecified atom stereocenters. The Balaban J connectivity index is 2.25. The summed E-state index contributed by atoms with van der Waals surface area (Å²) in [6, 6.07) is 7.07. The van der Waals surface area contributed by atoms with E-state index in [4.69, 9.17) is 0 Å². The van der Waals surface area contributed by atoms with Crippen molar-refractivity contribution in [3.05, 3.63) is 34.9 Å². The fourth-order valence-electron chi connectivity index (χ4n) is 3.12. The van der Waals surface area contributed by atoms with Gasteiger partial charge in [0, 0.05) is 17.5 Å². The molecule has 0 radical (unpaired) electrons. The molecule has 0 atom stereocenters. The van der Waals surface area contributed by atoms with Crippen molar-refractivity contribution in [2.24, 2.45) is 0 Å². The van der Waals surface area contributed by atoms with Crippen LogP contribution >= 0.6 is 0 Å². The van der Waals surface area contributed by atoms with Crippen LogP contribution in [0.3, 0.4) is 0 Å². The molecule has 1 saturated carbocycles. The highest BCUT2D eigenvalue weighted by atomic mass is 15.0. The van der Waals surface area contributed by atoms with Crippen LogP contribution in [0, 0.1) is 13.8 Å². The van der Waals surface area contributed by atoms with Gasteiger partial charge in [-0.05, 0) is 64.2 Å². The summed E-state index contributed by atoms with van der Waals surface area (Å²) in [5.74, 6) is 0. The molecular formula is C18H29N. The molecule has 0 aromatic heterocycles. The minimum Gasteiger partial charge on any atom is -0.311 e. The fraction of sp³-hybridized carbons (Fsp3) is 0.667. The molecule has 1 N–H and O–H groups in total. The Kier molecular flexibility index (Phi) is 4.06. The quantitative estimate of drug-likeness (QED) is 0.842. The molecule has 1 heteroatoms. The molecule has 0 heterocycles. The van der Waals surface area contributed by atoms with E-state index in [1.54, 1.807) is 5.56 Å². The molecular weight excluding hydrogens is 230 g/mol. The second kappa shape index (κ2) is 5.28. The number of aryl methyl sites for hydroxylation is 2. The molecule has 1 aliphatic carbocycles. The van der Waals surface area contributed by atoms with Crippen LogP contribution in [0.15, 0.2) is 18.2 Å². The summed E-state index contributed by atoms with van der Waals surface area (Å²) >= 11 is 0. The molecule has 1 aromatic carbocycles. The van der Waals surface area contributed by atoms with Crippen LogP contribution in [0.1, 0.15) is 63.1 Å². The topological polar surface area (TPSA) is 12.0 Å². The first kappa shape index (κ1) is 14.6. The van der Waals surface area contributed by atoms with Gasteiger partial charge in [-0.3, -0.25) is 0 Å². The molecule has 1 aromatic rings. The zero-order chi connectivity index (χ0) is 14.1. The molecule has 0 bridgehead atoms.